The lowest BCUT2D eigenvalue weighted by Gasteiger charge is -2.19. The van der Waals surface area contributed by atoms with Crippen molar-refractivity contribution < 1.29 is 4.79 Å². The first-order valence-corrected chi connectivity index (χ1v) is 9.03. The topological polar surface area (TPSA) is 29.1 Å². The molecule has 0 bridgehead atoms. The van der Waals surface area contributed by atoms with Gasteiger partial charge < -0.3 is 5.32 Å². The minimum atomic E-state index is -0.0125. The molecule has 0 radical (unpaired) electrons. The summed E-state index contributed by atoms with van der Waals surface area (Å²) in [5.74, 6) is 0.947. The normalized spacial score (nSPS) is 12.0. The number of hydrogen-bond donors (Lipinski definition) is 1. The third-order valence-electron chi connectivity index (χ3n) is 4.13. The molecule has 0 aliphatic carbocycles. The zero-order chi connectivity index (χ0) is 17.0. The van der Waals surface area contributed by atoms with Gasteiger partial charge in [0, 0.05) is 4.90 Å². The molecule has 122 valence electrons. The maximum atomic E-state index is 12.7. The molecule has 1 N–H and O–H groups in total. The van der Waals surface area contributed by atoms with Gasteiger partial charge in [0.2, 0.25) is 0 Å². The van der Waals surface area contributed by atoms with Crippen LogP contribution in [0.25, 0.3) is 0 Å². The van der Waals surface area contributed by atoms with Crippen LogP contribution in [0.1, 0.15) is 52.5 Å². The Morgan fingerprint density at radius 2 is 1.74 bits per heavy atom. The van der Waals surface area contributed by atoms with Crippen molar-refractivity contribution in [1.82, 2.24) is 5.32 Å². The van der Waals surface area contributed by atoms with E-state index >= 15 is 0 Å². The molecule has 2 aromatic carbocycles. The van der Waals surface area contributed by atoms with Crippen LogP contribution in [0.3, 0.4) is 0 Å². The van der Waals surface area contributed by atoms with Crippen LogP contribution in [0.4, 0.5) is 0 Å². The van der Waals surface area contributed by atoms with Crippen molar-refractivity contribution in [3.05, 3.63) is 64.2 Å². The third-order valence-corrected chi connectivity index (χ3v) is 5.08. The van der Waals surface area contributed by atoms with Gasteiger partial charge in [0.05, 0.1) is 11.6 Å². The number of hydrogen-bond acceptors (Lipinski definition) is 2. The fourth-order valence-corrected chi connectivity index (χ4v) is 3.54. The number of carbonyl (C=O) groups is 1. The van der Waals surface area contributed by atoms with Gasteiger partial charge in [0.15, 0.2) is 0 Å². The predicted octanol–water partition coefficient (Wildman–Crippen LogP) is 5.21. The summed E-state index contributed by atoms with van der Waals surface area (Å²) < 4.78 is 0. The van der Waals surface area contributed by atoms with Crippen LogP contribution in [-0.4, -0.2) is 11.7 Å². The molecule has 0 aromatic heterocycles. The van der Waals surface area contributed by atoms with Gasteiger partial charge in [-0.2, -0.15) is 0 Å². The Morgan fingerprint density at radius 3 is 2.43 bits per heavy atom. The molecule has 0 aliphatic heterocycles. The number of carbonyl (C=O) groups excluding carboxylic acids is 1. The lowest BCUT2D eigenvalue weighted by atomic mass is 9.96. The second-order valence-corrected chi connectivity index (χ2v) is 7.22. The molecule has 1 amide bonds. The average molecular weight is 327 g/mol. The monoisotopic (exact) mass is 327 g/mol. The van der Waals surface area contributed by atoms with E-state index in [2.05, 4.69) is 45.1 Å². The van der Waals surface area contributed by atoms with E-state index in [9.17, 15) is 4.79 Å². The van der Waals surface area contributed by atoms with Gasteiger partial charge in [-0.15, -0.1) is 11.8 Å². The van der Waals surface area contributed by atoms with Gasteiger partial charge in [0.1, 0.15) is 0 Å². The molecule has 0 heterocycles. The van der Waals surface area contributed by atoms with Crippen molar-refractivity contribution in [2.75, 3.05) is 5.75 Å². The second kappa shape index (κ2) is 7.69. The molecule has 0 spiro atoms. The zero-order valence-electron chi connectivity index (χ0n) is 14.6. The fourth-order valence-electron chi connectivity index (χ4n) is 2.74. The predicted molar refractivity (Wildman–Crippen MR) is 99.4 cm³/mol. The van der Waals surface area contributed by atoms with Gasteiger partial charge in [-0.05, 0) is 67.8 Å². The highest BCUT2D eigenvalue weighted by atomic mass is 32.2. The van der Waals surface area contributed by atoms with Gasteiger partial charge in [-0.1, -0.05) is 31.2 Å². The van der Waals surface area contributed by atoms with Crippen molar-refractivity contribution in [2.24, 2.45) is 0 Å². The molecule has 0 unspecified atom stereocenters. The van der Waals surface area contributed by atoms with E-state index in [4.69, 9.17) is 0 Å². The number of nitrogens with one attached hydrogen (secondary N) is 1. The van der Waals surface area contributed by atoms with Gasteiger partial charge in [-0.3, -0.25) is 4.79 Å². The maximum absolute atomic E-state index is 12.7. The molecule has 2 rings (SSSR count). The zero-order valence-corrected chi connectivity index (χ0v) is 15.4. The number of amides is 1. The largest absolute Gasteiger partial charge is 0.345 e. The van der Waals surface area contributed by atoms with Crippen LogP contribution in [-0.2, 0) is 0 Å². The molecule has 3 heteroatoms. The number of aryl methyl sites for hydroxylation is 3. The minimum Gasteiger partial charge on any atom is -0.345 e. The highest BCUT2D eigenvalue weighted by Crippen LogP contribution is 2.25. The maximum Gasteiger partial charge on any atom is 0.252 e. The number of rotatable bonds is 5. The van der Waals surface area contributed by atoms with E-state index in [0.717, 1.165) is 16.2 Å². The van der Waals surface area contributed by atoms with Crippen LogP contribution in [0.2, 0.25) is 0 Å². The molecule has 0 aliphatic rings. The highest BCUT2D eigenvalue weighted by Gasteiger charge is 2.16. The summed E-state index contributed by atoms with van der Waals surface area (Å²) in [6, 6.07) is 12.2. The van der Waals surface area contributed by atoms with Crippen LogP contribution in [0.5, 0.6) is 0 Å². The standard InChI is InChI=1S/C20H25NOS/c1-6-23-19-10-8-7-9-17(19)20(22)21-16(5)18-12-14(3)13(2)11-15(18)4/h7-12,16H,6H2,1-5H3,(H,21,22)/t16-/m1/s1. The van der Waals surface area contributed by atoms with Crippen molar-refractivity contribution in [3.8, 4) is 0 Å². The molecule has 0 saturated heterocycles. The summed E-state index contributed by atoms with van der Waals surface area (Å²) in [7, 11) is 0. The Hall–Kier alpha value is -1.74. The Bertz CT molecular complexity index is 709. The average Bonchev–Trinajstić information content (AvgIpc) is 2.51. The Labute approximate surface area is 143 Å². The lowest BCUT2D eigenvalue weighted by Crippen LogP contribution is -2.27. The Kier molecular flexibility index (Phi) is 5.89. The summed E-state index contributed by atoms with van der Waals surface area (Å²) in [5, 5.41) is 3.15. The van der Waals surface area contributed by atoms with E-state index in [1.165, 1.54) is 22.3 Å². The van der Waals surface area contributed by atoms with Crippen LogP contribution >= 0.6 is 11.8 Å². The van der Waals surface area contributed by atoms with Crippen LogP contribution < -0.4 is 5.32 Å². The highest BCUT2D eigenvalue weighted by molar-refractivity contribution is 7.99. The molecule has 0 saturated carbocycles. The molecule has 1 atom stereocenters. The van der Waals surface area contributed by atoms with E-state index in [1.807, 2.05) is 31.2 Å². The third kappa shape index (κ3) is 4.17. The molecule has 2 aromatic rings. The van der Waals surface area contributed by atoms with E-state index in [0.29, 0.717) is 0 Å². The van der Waals surface area contributed by atoms with Crippen molar-refractivity contribution >= 4 is 17.7 Å². The minimum absolute atomic E-state index is 0.00771. The first-order valence-electron chi connectivity index (χ1n) is 8.04. The second-order valence-electron chi connectivity index (χ2n) is 5.92. The summed E-state index contributed by atoms with van der Waals surface area (Å²) in [4.78, 5) is 13.7. The van der Waals surface area contributed by atoms with Gasteiger partial charge in [-0.25, -0.2) is 0 Å². The van der Waals surface area contributed by atoms with E-state index in [-0.39, 0.29) is 11.9 Å². The molecular formula is C20H25NOS. The first-order chi connectivity index (χ1) is 10.9. The van der Waals surface area contributed by atoms with Crippen molar-refractivity contribution in [2.45, 2.75) is 45.6 Å². The Balaban J connectivity index is 2.22. The molecular weight excluding hydrogens is 302 g/mol. The number of benzene rings is 2. The fraction of sp³-hybridized carbons (Fsp3) is 0.350. The van der Waals surface area contributed by atoms with E-state index < -0.39 is 0 Å². The van der Waals surface area contributed by atoms with E-state index in [1.54, 1.807) is 11.8 Å². The van der Waals surface area contributed by atoms with Crippen LogP contribution in [0.15, 0.2) is 41.3 Å². The Morgan fingerprint density at radius 1 is 1.09 bits per heavy atom. The van der Waals surface area contributed by atoms with Gasteiger partial charge in [0.25, 0.3) is 5.91 Å². The first kappa shape index (κ1) is 17.6. The summed E-state index contributed by atoms with van der Waals surface area (Å²) in [5.41, 5.74) is 5.70. The summed E-state index contributed by atoms with van der Waals surface area (Å²) in [6.07, 6.45) is 0. The molecule has 0 fully saturated rings. The smallest absolute Gasteiger partial charge is 0.252 e. The molecule has 23 heavy (non-hydrogen) atoms. The quantitative estimate of drug-likeness (QED) is 0.763. The molecule has 2 nitrogen and oxygen atoms in total. The lowest BCUT2D eigenvalue weighted by molar-refractivity contribution is 0.0937. The van der Waals surface area contributed by atoms with Crippen molar-refractivity contribution in [3.63, 3.8) is 0 Å². The van der Waals surface area contributed by atoms with Gasteiger partial charge >= 0.3 is 0 Å². The number of thioether (sulfide) groups is 1. The van der Waals surface area contributed by atoms with Crippen LogP contribution in [0, 0.1) is 20.8 Å². The SMILES string of the molecule is CCSc1ccccc1C(=O)N[C@H](C)c1cc(C)c(C)cc1C. The van der Waals surface area contributed by atoms with Crippen molar-refractivity contribution in [1.29, 1.82) is 0 Å². The summed E-state index contributed by atoms with van der Waals surface area (Å²) >= 11 is 1.70. The summed E-state index contributed by atoms with van der Waals surface area (Å²) in [6.45, 7) is 10.5.